The molecule has 0 saturated heterocycles. The van der Waals surface area contributed by atoms with Crippen molar-refractivity contribution in [3.8, 4) is 0 Å². The maximum atomic E-state index is 5.72. The molecule has 1 rings (SSSR count). The molecular weight excluding hydrogens is 294 g/mol. The summed E-state index contributed by atoms with van der Waals surface area (Å²) in [7, 11) is 0. The molecule has 0 aliphatic rings. The normalized spacial score (nSPS) is 12.4. The number of benzene rings is 1. The zero-order valence-corrected chi connectivity index (χ0v) is 16.1. The molecule has 0 amide bonds. The van der Waals surface area contributed by atoms with E-state index >= 15 is 0 Å². The van der Waals surface area contributed by atoms with E-state index in [2.05, 4.69) is 49.5 Å². The highest BCUT2D eigenvalue weighted by molar-refractivity contribution is 5.18. The standard InChI is InChI=1S/C22H39NO/c1-3-4-5-6-7-8-9-10-14-18-24-19-17-23-20-21(2)22-15-12-11-13-16-22/h11-13,15-16,21,23H,3-10,14,17-20H2,1-2H3. The average Bonchev–Trinajstić information content (AvgIpc) is 2.62. The van der Waals surface area contributed by atoms with Gasteiger partial charge in [-0.05, 0) is 17.9 Å². The van der Waals surface area contributed by atoms with Crippen molar-refractivity contribution in [3.63, 3.8) is 0 Å². The Morgan fingerprint density at radius 2 is 1.46 bits per heavy atom. The van der Waals surface area contributed by atoms with Crippen molar-refractivity contribution < 1.29 is 4.74 Å². The Labute approximate surface area is 150 Å². The zero-order valence-electron chi connectivity index (χ0n) is 16.1. The van der Waals surface area contributed by atoms with Crippen molar-refractivity contribution in [1.82, 2.24) is 5.32 Å². The third-order valence-electron chi connectivity index (χ3n) is 4.63. The van der Waals surface area contributed by atoms with Gasteiger partial charge in [0.05, 0.1) is 6.61 Å². The number of hydrogen-bond acceptors (Lipinski definition) is 2. The lowest BCUT2D eigenvalue weighted by Gasteiger charge is -2.13. The van der Waals surface area contributed by atoms with Crippen molar-refractivity contribution in [3.05, 3.63) is 35.9 Å². The van der Waals surface area contributed by atoms with Gasteiger partial charge in [0.15, 0.2) is 0 Å². The van der Waals surface area contributed by atoms with E-state index in [1.807, 2.05) is 0 Å². The second-order valence-electron chi connectivity index (χ2n) is 6.96. The van der Waals surface area contributed by atoms with Gasteiger partial charge in [-0.2, -0.15) is 0 Å². The second-order valence-corrected chi connectivity index (χ2v) is 6.96. The molecule has 2 nitrogen and oxygen atoms in total. The summed E-state index contributed by atoms with van der Waals surface area (Å²) >= 11 is 0. The van der Waals surface area contributed by atoms with Gasteiger partial charge < -0.3 is 10.1 Å². The molecule has 1 unspecified atom stereocenters. The van der Waals surface area contributed by atoms with E-state index in [0.717, 1.165) is 26.3 Å². The first-order chi connectivity index (χ1) is 11.8. The summed E-state index contributed by atoms with van der Waals surface area (Å²) in [5.41, 5.74) is 1.40. The van der Waals surface area contributed by atoms with E-state index in [9.17, 15) is 0 Å². The van der Waals surface area contributed by atoms with Crippen LogP contribution in [0.15, 0.2) is 30.3 Å². The average molecular weight is 334 g/mol. The monoisotopic (exact) mass is 333 g/mol. The zero-order chi connectivity index (χ0) is 17.3. The quantitative estimate of drug-likeness (QED) is 0.379. The van der Waals surface area contributed by atoms with Crippen LogP contribution in [0.25, 0.3) is 0 Å². The van der Waals surface area contributed by atoms with Crippen molar-refractivity contribution in [1.29, 1.82) is 0 Å². The van der Waals surface area contributed by atoms with Crippen LogP contribution in [0.3, 0.4) is 0 Å². The molecule has 1 N–H and O–H groups in total. The van der Waals surface area contributed by atoms with Crippen LogP contribution in [-0.4, -0.2) is 26.3 Å². The van der Waals surface area contributed by atoms with E-state index in [0.29, 0.717) is 5.92 Å². The molecular formula is C22H39NO. The van der Waals surface area contributed by atoms with Crippen LogP contribution in [0.2, 0.25) is 0 Å². The van der Waals surface area contributed by atoms with Gasteiger partial charge in [0, 0.05) is 19.7 Å². The number of ether oxygens (including phenoxy) is 1. The lowest BCUT2D eigenvalue weighted by molar-refractivity contribution is 0.131. The Balaban J connectivity index is 1.79. The first kappa shape index (κ1) is 21.2. The summed E-state index contributed by atoms with van der Waals surface area (Å²) in [5.74, 6) is 0.559. The van der Waals surface area contributed by atoms with Crippen LogP contribution in [0, 0.1) is 0 Å². The molecule has 138 valence electrons. The predicted molar refractivity (Wildman–Crippen MR) is 106 cm³/mol. The lowest BCUT2D eigenvalue weighted by Crippen LogP contribution is -2.24. The highest BCUT2D eigenvalue weighted by Crippen LogP contribution is 2.12. The second kappa shape index (κ2) is 15.7. The fourth-order valence-electron chi connectivity index (χ4n) is 2.98. The van der Waals surface area contributed by atoms with Crippen molar-refractivity contribution >= 4 is 0 Å². The third-order valence-corrected chi connectivity index (χ3v) is 4.63. The van der Waals surface area contributed by atoms with Crippen molar-refractivity contribution in [2.24, 2.45) is 0 Å². The van der Waals surface area contributed by atoms with Gasteiger partial charge in [-0.1, -0.05) is 95.5 Å². The van der Waals surface area contributed by atoms with Crippen LogP contribution < -0.4 is 5.32 Å². The smallest absolute Gasteiger partial charge is 0.0590 e. The van der Waals surface area contributed by atoms with Gasteiger partial charge in [0.1, 0.15) is 0 Å². The Bertz CT molecular complexity index is 365. The molecule has 0 aliphatic heterocycles. The maximum Gasteiger partial charge on any atom is 0.0590 e. The van der Waals surface area contributed by atoms with Crippen LogP contribution in [0.4, 0.5) is 0 Å². The largest absolute Gasteiger partial charge is 0.380 e. The topological polar surface area (TPSA) is 21.3 Å². The van der Waals surface area contributed by atoms with Gasteiger partial charge >= 0.3 is 0 Å². The first-order valence-electron chi connectivity index (χ1n) is 10.2. The molecule has 2 heteroatoms. The summed E-state index contributed by atoms with van der Waals surface area (Å²) in [5, 5.41) is 3.49. The molecule has 0 aliphatic carbocycles. The van der Waals surface area contributed by atoms with Crippen molar-refractivity contribution in [2.75, 3.05) is 26.3 Å². The number of nitrogens with one attached hydrogen (secondary N) is 1. The minimum atomic E-state index is 0.559. The summed E-state index contributed by atoms with van der Waals surface area (Å²) in [6.07, 6.45) is 12.4. The van der Waals surface area contributed by atoms with E-state index in [1.165, 1.54) is 63.4 Å². The fourth-order valence-corrected chi connectivity index (χ4v) is 2.98. The van der Waals surface area contributed by atoms with Gasteiger partial charge in [0.25, 0.3) is 0 Å². The Morgan fingerprint density at radius 3 is 2.12 bits per heavy atom. The SMILES string of the molecule is CCCCCCCCCCCOCCNCC(C)c1ccccc1. The van der Waals surface area contributed by atoms with Crippen LogP contribution in [-0.2, 0) is 4.74 Å². The van der Waals surface area contributed by atoms with E-state index < -0.39 is 0 Å². The lowest BCUT2D eigenvalue weighted by atomic mass is 10.0. The molecule has 1 atom stereocenters. The molecule has 0 aromatic heterocycles. The van der Waals surface area contributed by atoms with Gasteiger partial charge in [-0.3, -0.25) is 0 Å². The van der Waals surface area contributed by atoms with Crippen LogP contribution >= 0.6 is 0 Å². The summed E-state index contributed by atoms with van der Waals surface area (Å²) in [6, 6.07) is 10.7. The molecule has 0 spiro atoms. The Kier molecular flexibility index (Phi) is 13.8. The Morgan fingerprint density at radius 1 is 0.833 bits per heavy atom. The molecule has 0 heterocycles. The van der Waals surface area contributed by atoms with Crippen LogP contribution in [0.1, 0.15) is 83.1 Å². The van der Waals surface area contributed by atoms with E-state index in [1.54, 1.807) is 0 Å². The molecule has 0 fully saturated rings. The fraction of sp³-hybridized carbons (Fsp3) is 0.727. The summed E-state index contributed by atoms with van der Waals surface area (Å²) in [6.45, 7) is 8.27. The number of rotatable bonds is 16. The molecule has 1 aromatic rings. The highest BCUT2D eigenvalue weighted by Gasteiger charge is 2.03. The predicted octanol–water partition coefficient (Wildman–Crippen LogP) is 5.93. The van der Waals surface area contributed by atoms with E-state index in [-0.39, 0.29) is 0 Å². The van der Waals surface area contributed by atoms with Crippen molar-refractivity contribution in [2.45, 2.75) is 77.6 Å². The van der Waals surface area contributed by atoms with Gasteiger partial charge in [0.2, 0.25) is 0 Å². The number of hydrogen-bond donors (Lipinski definition) is 1. The molecule has 1 aromatic carbocycles. The minimum Gasteiger partial charge on any atom is -0.380 e. The third kappa shape index (κ3) is 11.6. The number of unbranched alkanes of at least 4 members (excludes halogenated alkanes) is 8. The Hall–Kier alpha value is -0.860. The minimum absolute atomic E-state index is 0.559. The van der Waals surface area contributed by atoms with Gasteiger partial charge in [-0.15, -0.1) is 0 Å². The first-order valence-corrected chi connectivity index (χ1v) is 10.2. The molecule has 24 heavy (non-hydrogen) atoms. The van der Waals surface area contributed by atoms with E-state index in [4.69, 9.17) is 4.74 Å². The summed E-state index contributed by atoms with van der Waals surface area (Å²) < 4.78 is 5.72. The summed E-state index contributed by atoms with van der Waals surface area (Å²) in [4.78, 5) is 0. The molecule has 0 radical (unpaired) electrons. The van der Waals surface area contributed by atoms with Crippen LogP contribution in [0.5, 0.6) is 0 Å². The van der Waals surface area contributed by atoms with Gasteiger partial charge in [-0.25, -0.2) is 0 Å². The maximum absolute atomic E-state index is 5.72. The molecule has 0 saturated carbocycles. The highest BCUT2D eigenvalue weighted by atomic mass is 16.5. The molecule has 0 bridgehead atoms.